The van der Waals surface area contributed by atoms with Crippen molar-refractivity contribution in [1.82, 2.24) is 24.7 Å². The molecule has 31 heavy (non-hydrogen) atoms. The van der Waals surface area contributed by atoms with E-state index >= 15 is 0 Å². The molecule has 1 aromatic carbocycles. The number of fused-ring (bicyclic) bond motifs is 3. The van der Waals surface area contributed by atoms with Crippen molar-refractivity contribution >= 4 is 16.8 Å². The number of carbonyl (C=O) groups excluding carboxylic acids is 1. The van der Waals surface area contributed by atoms with Crippen LogP contribution in [0.5, 0.6) is 5.75 Å². The van der Waals surface area contributed by atoms with Crippen LogP contribution in [0.4, 0.5) is 0 Å². The van der Waals surface area contributed by atoms with Crippen molar-refractivity contribution in [2.45, 2.75) is 32.6 Å². The van der Waals surface area contributed by atoms with Crippen molar-refractivity contribution in [2.75, 3.05) is 7.11 Å². The highest BCUT2D eigenvalue weighted by Gasteiger charge is 2.30. The zero-order chi connectivity index (χ0) is 21.7. The minimum Gasteiger partial charge on any atom is -0.497 e. The van der Waals surface area contributed by atoms with Crippen LogP contribution in [-0.4, -0.2) is 37.6 Å². The number of carbonyl (C=O) groups is 1. The van der Waals surface area contributed by atoms with Crippen LogP contribution >= 0.6 is 0 Å². The number of nitrogens with zero attached hydrogens (tertiary/aromatic N) is 4. The molecule has 1 atom stereocenters. The summed E-state index contributed by atoms with van der Waals surface area (Å²) < 4.78 is 6.54. The van der Waals surface area contributed by atoms with Crippen LogP contribution in [0.1, 0.15) is 45.2 Å². The minimum atomic E-state index is -0.299. The average Bonchev–Trinajstić information content (AvgIpc) is 3.10. The maximum atomic E-state index is 13.3. The molecule has 0 saturated heterocycles. The van der Waals surface area contributed by atoms with E-state index in [1.807, 2.05) is 44.2 Å². The number of ketones is 1. The highest BCUT2D eigenvalue weighted by molar-refractivity contribution is 6.02. The molecular weight excluding hydrogens is 394 g/mol. The Hall–Kier alpha value is -3.81. The Kier molecular flexibility index (Phi) is 4.43. The van der Waals surface area contributed by atoms with Crippen molar-refractivity contribution in [3.63, 3.8) is 0 Å². The highest BCUT2D eigenvalue weighted by atomic mass is 16.5. The fourth-order valence-electron chi connectivity index (χ4n) is 4.30. The van der Waals surface area contributed by atoms with Gasteiger partial charge in [-0.1, -0.05) is 12.1 Å². The molecule has 156 valence electrons. The van der Waals surface area contributed by atoms with Gasteiger partial charge in [0.05, 0.1) is 12.5 Å². The molecule has 8 heteroatoms. The van der Waals surface area contributed by atoms with E-state index in [1.165, 1.54) is 4.68 Å². The summed E-state index contributed by atoms with van der Waals surface area (Å²) in [6, 6.07) is 9.56. The summed E-state index contributed by atoms with van der Waals surface area (Å²) >= 11 is 0. The number of rotatable bonds is 3. The van der Waals surface area contributed by atoms with Gasteiger partial charge in [0.2, 0.25) is 0 Å². The second kappa shape index (κ2) is 7.16. The number of aromatic nitrogens is 5. The number of ether oxygens (including phenoxy) is 1. The molecule has 0 bridgehead atoms. The molecule has 0 saturated carbocycles. The van der Waals surface area contributed by atoms with Crippen molar-refractivity contribution in [2.24, 2.45) is 0 Å². The first kappa shape index (κ1) is 19.2. The predicted octanol–water partition coefficient (Wildman–Crippen LogP) is 3.04. The van der Waals surface area contributed by atoms with E-state index in [0.29, 0.717) is 29.4 Å². The fraction of sp³-hybridized carbons (Fsp3) is 0.261. The molecule has 0 fully saturated rings. The Labute approximate surface area is 177 Å². The number of aryl methyl sites for hydroxylation is 2. The van der Waals surface area contributed by atoms with Gasteiger partial charge in [-0.2, -0.15) is 4.68 Å². The number of pyridine rings is 1. The number of hydrogen-bond donors (Lipinski definition) is 1. The Morgan fingerprint density at radius 2 is 1.77 bits per heavy atom. The molecular formula is C23H21N5O3. The van der Waals surface area contributed by atoms with Gasteiger partial charge in [0.25, 0.3) is 11.5 Å². The van der Waals surface area contributed by atoms with E-state index in [-0.39, 0.29) is 23.2 Å². The SMILES string of the molecule is COc1ccc(C2CC(=O)c3cnc4[nH]n(-c5nc(C)cc(C)n5)c(=O)c4c3C2)cc1. The molecule has 3 heterocycles. The summed E-state index contributed by atoms with van der Waals surface area (Å²) in [5.74, 6) is 1.01. The van der Waals surface area contributed by atoms with Gasteiger partial charge in [0, 0.05) is 29.6 Å². The van der Waals surface area contributed by atoms with Crippen LogP contribution in [-0.2, 0) is 6.42 Å². The van der Waals surface area contributed by atoms with E-state index < -0.39 is 0 Å². The highest BCUT2D eigenvalue weighted by Crippen LogP contribution is 2.35. The third kappa shape index (κ3) is 3.20. The number of aromatic amines is 1. The monoisotopic (exact) mass is 415 g/mol. The largest absolute Gasteiger partial charge is 0.497 e. The number of methoxy groups -OCH3 is 1. The first-order chi connectivity index (χ1) is 14.9. The van der Waals surface area contributed by atoms with E-state index in [2.05, 4.69) is 20.1 Å². The molecule has 0 aliphatic heterocycles. The predicted molar refractivity (Wildman–Crippen MR) is 115 cm³/mol. The fourth-order valence-corrected chi connectivity index (χ4v) is 4.30. The van der Waals surface area contributed by atoms with Gasteiger partial charge in [0.15, 0.2) is 11.4 Å². The van der Waals surface area contributed by atoms with Crippen LogP contribution in [0.25, 0.3) is 17.0 Å². The smallest absolute Gasteiger partial charge is 0.283 e. The quantitative estimate of drug-likeness (QED) is 0.552. The van der Waals surface area contributed by atoms with Crippen LogP contribution in [0.3, 0.4) is 0 Å². The number of nitrogens with one attached hydrogen (secondary N) is 1. The Morgan fingerprint density at radius 3 is 2.45 bits per heavy atom. The molecule has 1 aliphatic rings. The average molecular weight is 415 g/mol. The maximum absolute atomic E-state index is 13.3. The molecule has 1 unspecified atom stereocenters. The lowest BCUT2D eigenvalue weighted by atomic mass is 9.79. The summed E-state index contributed by atoms with van der Waals surface area (Å²) in [7, 11) is 1.62. The molecule has 1 aliphatic carbocycles. The lowest BCUT2D eigenvalue weighted by Crippen LogP contribution is -2.22. The van der Waals surface area contributed by atoms with Crippen molar-refractivity contribution < 1.29 is 9.53 Å². The minimum absolute atomic E-state index is 0.00809. The third-order valence-corrected chi connectivity index (χ3v) is 5.76. The number of H-pyrrole nitrogens is 1. The summed E-state index contributed by atoms with van der Waals surface area (Å²) in [5.41, 5.74) is 3.93. The Bertz CT molecular complexity index is 1360. The second-order valence-electron chi connectivity index (χ2n) is 7.88. The number of hydrogen-bond acceptors (Lipinski definition) is 6. The summed E-state index contributed by atoms with van der Waals surface area (Å²) in [6.07, 6.45) is 2.52. The Morgan fingerprint density at radius 1 is 1.06 bits per heavy atom. The molecule has 0 amide bonds. The van der Waals surface area contributed by atoms with Crippen LogP contribution in [0, 0.1) is 13.8 Å². The second-order valence-corrected chi connectivity index (χ2v) is 7.88. The first-order valence-electron chi connectivity index (χ1n) is 10.1. The van der Waals surface area contributed by atoms with Crippen LogP contribution in [0.2, 0.25) is 0 Å². The zero-order valence-electron chi connectivity index (χ0n) is 17.5. The van der Waals surface area contributed by atoms with E-state index in [9.17, 15) is 9.59 Å². The summed E-state index contributed by atoms with van der Waals surface area (Å²) in [6.45, 7) is 3.70. The van der Waals surface area contributed by atoms with E-state index in [0.717, 1.165) is 28.3 Å². The molecule has 5 rings (SSSR count). The molecule has 0 radical (unpaired) electrons. The van der Waals surface area contributed by atoms with Crippen molar-refractivity contribution in [1.29, 1.82) is 0 Å². The van der Waals surface area contributed by atoms with Crippen molar-refractivity contribution in [3.8, 4) is 11.7 Å². The van der Waals surface area contributed by atoms with Gasteiger partial charge >= 0.3 is 0 Å². The molecule has 8 nitrogen and oxygen atoms in total. The van der Waals surface area contributed by atoms with Gasteiger partial charge in [-0.3, -0.25) is 14.7 Å². The van der Waals surface area contributed by atoms with Gasteiger partial charge < -0.3 is 4.74 Å². The molecule has 0 spiro atoms. The van der Waals surface area contributed by atoms with Gasteiger partial charge in [-0.05, 0) is 55.5 Å². The molecule has 3 aromatic heterocycles. The van der Waals surface area contributed by atoms with Gasteiger partial charge in [0.1, 0.15) is 5.75 Å². The summed E-state index contributed by atoms with van der Waals surface area (Å²) in [5, 5.41) is 3.43. The zero-order valence-corrected chi connectivity index (χ0v) is 17.5. The Balaban J connectivity index is 1.64. The molecule has 1 N–H and O–H groups in total. The first-order valence-corrected chi connectivity index (χ1v) is 10.1. The number of benzene rings is 1. The van der Waals surface area contributed by atoms with E-state index in [4.69, 9.17) is 4.74 Å². The lowest BCUT2D eigenvalue weighted by Gasteiger charge is -2.24. The molecule has 4 aromatic rings. The topological polar surface area (TPSA) is 103 Å². The lowest BCUT2D eigenvalue weighted by molar-refractivity contribution is 0.0964. The third-order valence-electron chi connectivity index (χ3n) is 5.76. The van der Waals surface area contributed by atoms with E-state index in [1.54, 1.807) is 13.3 Å². The van der Waals surface area contributed by atoms with Crippen LogP contribution < -0.4 is 10.3 Å². The standard InChI is InChI=1S/C23H21N5O3/c1-12-8-13(2)26-23(25-12)28-22(30)20-17-9-15(14-4-6-16(31-3)7-5-14)10-19(29)18(17)11-24-21(20)27-28/h4-8,11,15H,9-10H2,1-3H3,(H,24,27). The van der Waals surface area contributed by atoms with Crippen LogP contribution in [0.15, 0.2) is 41.3 Å². The maximum Gasteiger partial charge on any atom is 0.283 e. The number of Topliss-reactive ketones (excluding diaryl/α,β-unsaturated/α-hetero) is 1. The summed E-state index contributed by atoms with van der Waals surface area (Å²) in [4.78, 5) is 39.4. The van der Waals surface area contributed by atoms with Crippen molar-refractivity contribution in [3.05, 3.63) is 75.0 Å². The van der Waals surface area contributed by atoms with Gasteiger partial charge in [-0.15, -0.1) is 0 Å². The normalized spacial score (nSPS) is 15.8. The van der Waals surface area contributed by atoms with Gasteiger partial charge in [-0.25, -0.2) is 15.0 Å².